The standard InChI is InChI=1S/C16H17N5OS.2C2HF3O2/c1-2-6-17-16(5-1)22-12-15-19-18-14-11-20(7-8-21(14)15)10-13-4-3-9-23-13;2*3-2(4,5)1(6)7/h1-6,9H,7-8,10-12H2;2*(H,6,7). The Kier molecular flexibility index (Phi) is 10.4. The SMILES string of the molecule is O=C(O)C(F)(F)F.O=C(O)C(F)(F)F.c1ccc(OCc2nnc3n2CCN(Cc2cccs2)C3)nc1. The van der Waals surface area contributed by atoms with Crippen LogP contribution in [0, 0.1) is 0 Å². The molecule has 0 bridgehead atoms. The number of aromatic nitrogens is 4. The van der Waals surface area contributed by atoms with Gasteiger partial charge in [-0.15, -0.1) is 21.5 Å². The number of pyridine rings is 1. The monoisotopic (exact) mass is 555 g/mol. The van der Waals surface area contributed by atoms with Gasteiger partial charge in [0, 0.05) is 36.8 Å². The van der Waals surface area contributed by atoms with Crippen LogP contribution in [0.4, 0.5) is 26.3 Å². The van der Waals surface area contributed by atoms with E-state index in [1.165, 1.54) is 4.88 Å². The zero-order valence-electron chi connectivity index (χ0n) is 18.6. The van der Waals surface area contributed by atoms with Crippen LogP contribution in [-0.2, 0) is 35.8 Å². The number of rotatable bonds is 5. The zero-order valence-corrected chi connectivity index (χ0v) is 19.4. The molecule has 0 saturated carbocycles. The van der Waals surface area contributed by atoms with Crippen LogP contribution in [0.25, 0.3) is 0 Å². The molecule has 0 spiro atoms. The highest BCUT2D eigenvalue weighted by molar-refractivity contribution is 7.09. The Labute approximate surface area is 208 Å². The van der Waals surface area contributed by atoms with E-state index in [4.69, 9.17) is 24.5 Å². The second-order valence-corrected chi connectivity index (χ2v) is 8.07. The number of carboxylic acids is 2. The molecule has 4 rings (SSSR count). The van der Waals surface area contributed by atoms with Gasteiger partial charge in [-0.25, -0.2) is 14.6 Å². The molecule has 1 aliphatic heterocycles. The fourth-order valence-corrected chi connectivity index (χ4v) is 3.45. The summed E-state index contributed by atoms with van der Waals surface area (Å²) in [5.41, 5.74) is 0. The summed E-state index contributed by atoms with van der Waals surface area (Å²) in [6.45, 7) is 4.10. The molecule has 0 fully saturated rings. The molecule has 37 heavy (non-hydrogen) atoms. The maximum Gasteiger partial charge on any atom is 0.490 e. The smallest absolute Gasteiger partial charge is 0.475 e. The number of nitrogens with zero attached hydrogens (tertiary/aromatic N) is 5. The topological polar surface area (TPSA) is 131 Å². The largest absolute Gasteiger partial charge is 0.490 e. The molecule has 0 aliphatic carbocycles. The summed E-state index contributed by atoms with van der Waals surface area (Å²) >= 11 is 1.80. The number of carbonyl (C=O) groups is 2. The van der Waals surface area contributed by atoms with E-state index in [9.17, 15) is 26.3 Å². The van der Waals surface area contributed by atoms with Gasteiger partial charge in [-0.05, 0) is 17.5 Å². The van der Waals surface area contributed by atoms with Crippen LogP contribution in [0.15, 0.2) is 41.9 Å². The first-order valence-corrected chi connectivity index (χ1v) is 10.9. The van der Waals surface area contributed by atoms with E-state index in [0.717, 1.165) is 37.8 Å². The van der Waals surface area contributed by atoms with Gasteiger partial charge in [0.1, 0.15) is 12.4 Å². The predicted octanol–water partition coefficient (Wildman–Crippen LogP) is 3.60. The normalized spacial score (nSPS) is 13.4. The van der Waals surface area contributed by atoms with Gasteiger partial charge in [-0.3, -0.25) is 4.90 Å². The molecule has 3 aromatic rings. The highest BCUT2D eigenvalue weighted by Crippen LogP contribution is 2.18. The molecule has 1 aliphatic rings. The van der Waals surface area contributed by atoms with Gasteiger partial charge in [0.25, 0.3) is 0 Å². The number of hydrogen-bond donors (Lipinski definition) is 2. The molecule has 0 saturated heterocycles. The number of aliphatic carboxylic acids is 2. The van der Waals surface area contributed by atoms with E-state index in [0.29, 0.717) is 12.5 Å². The van der Waals surface area contributed by atoms with E-state index in [1.54, 1.807) is 17.5 Å². The van der Waals surface area contributed by atoms with E-state index >= 15 is 0 Å². The Hall–Kier alpha value is -3.73. The van der Waals surface area contributed by atoms with Gasteiger partial charge in [0.2, 0.25) is 5.88 Å². The Morgan fingerprint density at radius 2 is 1.62 bits per heavy atom. The summed E-state index contributed by atoms with van der Waals surface area (Å²) in [6, 6.07) is 9.89. The van der Waals surface area contributed by atoms with Crippen molar-refractivity contribution in [2.24, 2.45) is 0 Å². The van der Waals surface area contributed by atoms with Crippen molar-refractivity contribution in [3.63, 3.8) is 0 Å². The van der Waals surface area contributed by atoms with Crippen molar-refractivity contribution in [2.45, 2.75) is 38.6 Å². The quantitative estimate of drug-likeness (QED) is 0.454. The van der Waals surface area contributed by atoms with Gasteiger partial charge < -0.3 is 19.5 Å². The number of ether oxygens (including phenoxy) is 1. The lowest BCUT2D eigenvalue weighted by molar-refractivity contribution is -0.193. The van der Waals surface area contributed by atoms with Crippen LogP contribution < -0.4 is 4.74 Å². The van der Waals surface area contributed by atoms with Gasteiger partial charge >= 0.3 is 24.3 Å². The molecule has 202 valence electrons. The third-order valence-electron chi connectivity index (χ3n) is 4.34. The maximum atomic E-state index is 10.6. The van der Waals surface area contributed by atoms with Crippen LogP contribution in [0.3, 0.4) is 0 Å². The highest BCUT2D eigenvalue weighted by atomic mass is 32.1. The highest BCUT2D eigenvalue weighted by Gasteiger charge is 2.38. The second kappa shape index (κ2) is 13.0. The first-order valence-electron chi connectivity index (χ1n) is 10.1. The fourth-order valence-electron chi connectivity index (χ4n) is 2.70. The number of hydrogen-bond acceptors (Lipinski definition) is 8. The molecule has 0 amide bonds. The molecule has 10 nitrogen and oxygen atoms in total. The number of thiophene rings is 1. The number of halogens is 6. The first-order chi connectivity index (χ1) is 17.3. The third kappa shape index (κ3) is 10.0. The van der Waals surface area contributed by atoms with Crippen molar-refractivity contribution < 1.29 is 50.9 Å². The molecule has 0 atom stereocenters. The summed E-state index contributed by atoms with van der Waals surface area (Å²) in [7, 11) is 0. The third-order valence-corrected chi connectivity index (χ3v) is 5.20. The molecule has 4 heterocycles. The summed E-state index contributed by atoms with van der Waals surface area (Å²) in [5.74, 6) is -3.03. The van der Waals surface area contributed by atoms with Crippen molar-refractivity contribution in [3.05, 3.63) is 58.4 Å². The van der Waals surface area contributed by atoms with E-state index in [1.807, 2.05) is 18.2 Å². The summed E-state index contributed by atoms with van der Waals surface area (Å²) in [6.07, 6.45) is -8.45. The zero-order chi connectivity index (χ0) is 27.6. The molecule has 0 unspecified atom stereocenters. The molecule has 2 N–H and O–H groups in total. The lowest BCUT2D eigenvalue weighted by atomic mass is 10.3. The Bertz CT molecular complexity index is 1110. The Morgan fingerprint density at radius 3 is 2.14 bits per heavy atom. The van der Waals surface area contributed by atoms with E-state index in [2.05, 4.69) is 42.2 Å². The molecule has 3 aromatic heterocycles. The molecule has 0 aromatic carbocycles. The Morgan fingerprint density at radius 1 is 0.973 bits per heavy atom. The van der Waals surface area contributed by atoms with Gasteiger partial charge in [0.05, 0.1) is 6.54 Å². The van der Waals surface area contributed by atoms with Crippen molar-refractivity contribution in [1.82, 2.24) is 24.6 Å². The minimum absolute atomic E-state index is 0.398. The van der Waals surface area contributed by atoms with Crippen LogP contribution >= 0.6 is 11.3 Å². The molecule has 0 radical (unpaired) electrons. The first kappa shape index (κ1) is 29.5. The summed E-state index contributed by atoms with van der Waals surface area (Å²) < 4.78 is 71.3. The van der Waals surface area contributed by atoms with Gasteiger partial charge in [-0.1, -0.05) is 12.1 Å². The minimum Gasteiger partial charge on any atom is -0.475 e. The average Bonchev–Trinajstić information content (AvgIpc) is 3.47. The maximum absolute atomic E-state index is 10.6. The van der Waals surface area contributed by atoms with Crippen molar-refractivity contribution in [3.8, 4) is 5.88 Å². The number of fused-ring (bicyclic) bond motifs is 1. The van der Waals surface area contributed by atoms with Crippen molar-refractivity contribution in [1.29, 1.82) is 0 Å². The lowest BCUT2D eigenvalue weighted by Crippen LogP contribution is -2.33. The average molecular weight is 555 g/mol. The minimum atomic E-state index is -5.08. The van der Waals surface area contributed by atoms with Gasteiger partial charge in [0.15, 0.2) is 5.82 Å². The second-order valence-electron chi connectivity index (χ2n) is 7.04. The number of carboxylic acid groups (broad SMARTS) is 2. The molecule has 17 heteroatoms. The van der Waals surface area contributed by atoms with Crippen molar-refractivity contribution >= 4 is 23.3 Å². The van der Waals surface area contributed by atoms with E-state index < -0.39 is 24.3 Å². The van der Waals surface area contributed by atoms with Crippen LogP contribution in [0.2, 0.25) is 0 Å². The summed E-state index contributed by atoms with van der Waals surface area (Å²) in [4.78, 5) is 25.7. The van der Waals surface area contributed by atoms with Crippen LogP contribution in [0.5, 0.6) is 5.88 Å². The lowest BCUT2D eigenvalue weighted by Gasteiger charge is -2.27. The molecular formula is C20H19F6N5O5S. The predicted molar refractivity (Wildman–Crippen MR) is 114 cm³/mol. The summed E-state index contributed by atoms with van der Waals surface area (Å²) in [5, 5.41) is 25.0. The van der Waals surface area contributed by atoms with Crippen LogP contribution in [-0.4, -0.2) is 65.7 Å². The molecular weight excluding hydrogens is 536 g/mol. The Balaban J connectivity index is 0.000000286. The van der Waals surface area contributed by atoms with Crippen LogP contribution in [0.1, 0.15) is 16.5 Å². The number of alkyl halides is 6. The van der Waals surface area contributed by atoms with Gasteiger partial charge in [-0.2, -0.15) is 26.3 Å². The fraction of sp³-hybridized carbons (Fsp3) is 0.350. The van der Waals surface area contributed by atoms with Crippen molar-refractivity contribution in [2.75, 3.05) is 6.54 Å². The van der Waals surface area contributed by atoms with E-state index in [-0.39, 0.29) is 0 Å².